The van der Waals surface area contributed by atoms with Crippen LogP contribution in [0.2, 0.25) is 0 Å². The van der Waals surface area contributed by atoms with Gasteiger partial charge in [-0.05, 0) is 19.4 Å². The van der Waals surface area contributed by atoms with Crippen molar-refractivity contribution >= 4 is 11.8 Å². The van der Waals surface area contributed by atoms with Crippen molar-refractivity contribution in [3.8, 4) is 0 Å². The summed E-state index contributed by atoms with van der Waals surface area (Å²) in [6.45, 7) is 10.4. The molecule has 18 heavy (non-hydrogen) atoms. The molecule has 1 aromatic heterocycles. The summed E-state index contributed by atoms with van der Waals surface area (Å²) in [4.78, 5) is 6.86. The molecule has 2 rings (SSSR count). The Labute approximate surface area is 114 Å². The molecule has 1 N–H and O–H groups in total. The van der Waals surface area contributed by atoms with Crippen molar-refractivity contribution < 1.29 is 0 Å². The molecule has 0 bridgehead atoms. The molecule has 1 aromatic rings. The summed E-state index contributed by atoms with van der Waals surface area (Å²) in [5, 5.41) is 6.97. The second-order valence-corrected chi connectivity index (χ2v) is 7.89. The Morgan fingerprint density at radius 2 is 2.33 bits per heavy atom. The minimum absolute atomic E-state index is 0.375. The standard InChI is InChI=1S/C13H24N4S/c1-13(2,3)18-8-7-17-6-4-5-11(9-17)12-14-10-15-16-12/h10-11H,4-9H2,1-3H3,(H,14,15,16)/t11-/m1/s1. The van der Waals surface area contributed by atoms with Gasteiger partial charge in [0.25, 0.3) is 0 Å². The Balaban J connectivity index is 1.77. The van der Waals surface area contributed by atoms with Gasteiger partial charge in [0.05, 0.1) is 0 Å². The maximum atomic E-state index is 4.30. The summed E-state index contributed by atoms with van der Waals surface area (Å²) in [6, 6.07) is 0. The van der Waals surface area contributed by atoms with Crippen LogP contribution in [0.1, 0.15) is 45.4 Å². The third-order valence-electron chi connectivity index (χ3n) is 3.27. The van der Waals surface area contributed by atoms with Crippen molar-refractivity contribution in [3.05, 3.63) is 12.2 Å². The molecular weight excluding hydrogens is 244 g/mol. The van der Waals surface area contributed by atoms with E-state index in [0.717, 1.165) is 12.4 Å². The SMILES string of the molecule is CC(C)(C)SCCN1CCC[C@@H](c2ncn[nH]2)C1. The number of rotatable bonds is 4. The Morgan fingerprint density at radius 3 is 3.00 bits per heavy atom. The van der Waals surface area contributed by atoms with Gasteiger partial charge in [0.1, 0.15) is 12.2 Å². The number of H-pyrrole nitrogens is 1. The van der Waals surface area contributed by atoms with Gasteiger partial charge in [-0.25, -0.2) is 4.98 Å². The van der Waals surface area contributed by atoms with Gasteiger partial charge in [-0.3, -0.25) is 5.10 Å². The topological polar surface area (TPSA) is 44.8 Å². The van der Waals surface area contributed by atoms with Gasteiger partial charge in [0.2, 0.25) is 0 Å². The number of nitrogens with zero attached hydrogens (tertiary/aromatic N) is 3. The summed E-state index contributed by atoms with van der Waals surface area (Å²) < 4.78 is 0.375. The molecule has 1 aliphatic rings. The molecule has 0 radical (unpaired) electrons. The number of thioether (sulfide) groups is 1. The number of hydrogen-bond acceptors (Lipinski definition) is 4. The highest BCUT2D eigenvalue weighted by molar-refractivity contribution is 8.00. The monoisotopic (exact) mass is 268 g/mol. The lowest BCUT2D eigenvalue weighted by atomic mass is 9.97. The Morgan fingerprint density at radius 1 is 1.50 bits per heavy atom. The van der Waals surface area contributed by atoms with Gasteiger partial charge in [-0.1, -0.05) is 20.8 Å². The zero-order valence-corrected chi connectivity index (χ0v) is 12.5. The minimum Gasteiger partial charge on any atom is -0.302 e. The van der Waals surface area contributed by atoms with Gasteiger partial charge < -0.3 is 4.90 Å². The number of piperidine rings is 1. The molecule has 1 fully saturated rings. The van der Waals surface area contributed by atoms with Crippen molar-refractivity contribution in [1.82, 2.24) is 20.1 Å². The predicted octanol–water partition coefficient (Wildman–Crippen LogP) is 2.52. The lowest BCUT2D eigenvalue weighted by molar-refractivity contribution is 0.215. The van der Waals surface area contributed by atoms with Gasteiger partial charge in [-0.15, -0.1) is 0 Å². The zero-order chi connectivity index (χ0) is 13.0. The first-order valence-corrected chi connectivity index (χ1v) is 7.75. The third-order valence-corrected chi connectivity index (χ3v) is 4.52. The van der Waals surface area contributed by atoms with Crippen molar-refractivity contribution in [2.75, 3.05) is 25.4 Å². The van der Waals surface area contributed by atoms with E-state index in [-0.39, 0.29) is 0 Å². The van der Waals surface area contributed by atoms with Crippen LogP contribution >= 0.6 is 11.8 Å². The molecule has 1 atom stereocenters. The van der Waals surface area contributed by atoms with Crippen LogP contribution in [0.5, 0.6) is 0 Å². The average Bonchev–Trinajstić information content (AvgIpc) is 2.81. The van der Waals surface area contributed by atoms with Crippen LogP contribution in [0.4, 0.5) is 0 Å². The van der Waals surface area contributed by atoms with Crippen LogP contribution in [0.25, 0.3) is 0 Å². The quantitative estimate of drug-likeness (QED) is 0.911. The first-order valence-electron chi connectivity index (χ1n) is 6.76. The molecule has 0 unspecified atom stereocenters. The highest BCUT2D eigenvalue weighted by atomic mass is 32.2. The molecule has 1 aliphatic heterocycles. The second-order valence-electron chi connectivity index (χ2n) is 5.97. The molecule has 4 nitrogen and oxygen atoms in total. The molecule has 102 valence electrons. The molecule has 0 saturated carbocycles. The number of hydrogen-bond donors (Lipinski definition) is 1. The van der Waals surface area contributed by atoms with Crippen molar-refractivity contribution in [2.24, 2.45) is 0 Å². The maximum Gasteiger partial charge on any atom is 0.137 e. The van der Waals surface area contributed by atoms with Crippen LogP contribution in [-0.2, 0) is 0 Å². The molecule has 1 saturated heterocycles. The molecular formula is C13H24N4S. The summed E-state index contributed by atoms with van der Waals surface area (Å²) >= 11 is 2.05. The number of likely N-dealkylation sites (tertiary alicyclic amines) is 1. The van der Waals surface area contributed by atoms with E-state index in [4.69, 9.17) is 0 Å². The fourth-order valence-corrected chi connectivity index (χ4v) is 3.34. The van der Waals surface area contributed by atoms with Crippen LogP contribution in [-0.4, -0.2) is 50.2 Å². The molecule has 0 aromatic carbocycles. The van der Waals surface area contributed by atoms with Crippen molar-refractivity contribution in [2.45, 2.75) is 44.3 Å². The summed E-state index contributed by atoms with van der Waals surface area (Å²) in [7, 11) is 0. The Bertz CT molecular complexity index is 344. The number of nitrogens with one attached hydrogen (secondary N) is 1. The summed E-state index contributed by atoms with van der Waals surface area (Å²) in [5.41, 5.74) is 0. The van der Waals surface area contributed by atoms with E-state index in [1.54, 1.807) is 6.33 Å². The first-order chi connectivity index (χ1) is 8.54. The van der Waals surface area contributed by atoms with E-state index in [1.165, 1.54) is 31.7 Å². The smallest absolute Gasteiger partial charge is 0.137 e. The van der Waals surface area contributed by atoms with Crippen LogP contribution in [0.15, 0.2) is 6.33 Å². The maximum absolute atomic E-state index is 4.30. The first kappa shape index (κ1) is 13.9. The Kier molecular flexibility index (Phi) is 4.67. The van der Waals surface area contributed by atoms with Crippen molar-refractivity contribution in [3.63, 3.8) is 0 Å². The Hall–Kier alpha value is -0.550. The predicted molar refractivity (Wildman–Crippen MR) is 77.0 cm³/mol. The summed E-state index contributed by atoms with van der Waals surface area (Å²) in [6.07, 6.45) is 4.12. The van der Waals surface area contributed by atoms with Crippen LogP contribution in [0, 0.1) is 0 Å². The fourth-order valence-electron chi connectivity index (χ4n) is 2.37. The van der Waals surface area contributed by atoms with Gasteiger partial charge >= 0.3 is 0 Å². The molecule has 2 heterocycles. The molecule has 0 aliphatic carbocycles. The third kappa shape index (κ3) is 4.28. The summed E-state index contributed by atoms with van der Waals surface area (Å²) in [5.74, 6) is 2.82. The van der Waals surface area contributed by atoms with Gasteiger partial charge in [0.15, 0.2) is 0 Å². The molecule has 0 spiro atoms. The van der Waals surface area contributed by atoms with Crippen LogP contribution < -0.4 is 0 Å². The number of aromatic nitrogens is 3. The normalized spacial score (nSPS) is 22.3. The van der Waals surface area contributed by atoms with E-state index in [2.05, 4.69) is 40.9 Å². The van der Waals surface area contributed by atoms with Gasteiger partial charge in [-0.2, -0.15) is 16.9 Å². The zero-order valence-electron chi connectivity index (χ0n) is 11.6. The fraction of sp³-hybridized carbons (Fsp3) is 0.846. The lowest BCUT2D eigenvalue weighted by Gasteiger charge is -2.32. The molecule has 5 heteroatoms. The lowest BCUT2D eigenvalue weighted by Crippen LogP contribution is -2.36. The van der Waals surface area contributed by atoms with E-state index in [1.807, 2.05) is 11.8 Å². The van der Waals surface area contributed by atoms with E-state index in [9.17, 15) is 0 Å². The largest absolute Gasteiger partial charge is 0.302 e. The van der Waals surface area contributed by atoms with Crippen molar-refractivity contribution in [1.29, 1.82) is 0 Å². The number of aromatic amines is 1. The van der Waals surface area contributed by atoms with Gasteiger partial charge in [0, 0.05) is 29.5 Å². The average molecular weight is 268 g/mol. The second kappa shape index (κ2) is 6.06. The van der Waals surface area contributed by atoms with E-state index in [0.29, 0.717) is 10.7 Å². The van der Waals surface area contributed by atoms with Crippen LogP contribution in [0.3, 0.4) is 0 Å². The minimum atomic E-state index is 0.375. The highest BCUT2D eigenvalue weighted by Crippen LogP contribution is 2.26. The highest BCUT2D eigenvalue weighted by Gasteiger charge is 2.23. The van der Waals surface area contributed by atoms with E-state index >= 15 is 0 Å². The molecule has 0 amide bonds. The van der Waals surface area contributed by atoms with E-state index < -0.39 is 0 Å².